The van der Waals surface area contributed by atoms with Crippen LogP contribution in [0.25, 0.3) is 0 Å². The van der Waals surface area contributed by atoms with Crippen LogP contribution >= 0.6 is 0 Å². The first-order chi connectivity index (χ1) is 12.8. The van der Waals surface area contributed by atoms with Gasteiger partial charge in [0.1, 0.15) is 0 Å². The third-order valence-electron chi connectivity index (χ3n) is 5.04. The molecule has 0 aliphatic heterocycles. The van der Waals surface area contributed by atoms with Crippen LogP contribution < -0.4 is 24.0 Å². The fraction of sp³-hybridized carbons (Fsp3) is 0.958. The molecule has 0 rings (SSSR count). The smallest absolute Gasteiger partial charge is 1.00 e. The first-order valence-corrected chi connectivity index (χ1v) is 11.9. The minimum atomic E-state index is 0. The average molecular weight is 521 g/mol. The molecule has 2 nitrogen and oxygen atoms in total. The SMILES string of the molecule is [CH2-]CCCCC(OCCCCCCCCC)OCCCCCCCCC.[I-].[Mg+2]. The van der Waals surface area contributed by atoms with E-state index in [2.05, 4.69) is 20.8 Å². The molecule has 0 heterocycles. The van der Waals surface area contributed by atoms with Crippen LogP contribution in [-0.2, 0) is 9.47 Å². The van der Waals surface area contributed by atoms with Crippen LogP contribution in [0.2, 0.25) is 0 Å². The summed E-state index contributed by atoms with van der Waals surface area (Å²) >= 11 is 0. The van der Waals surface area contributed by atoms with Crippen LogP contribution in [0.4, 0.5) is 0 Å². The van der Waals surface area contributed by atoms with E-state index in [0.29, 0.717) is 0 Å². The molecule has 0 radical (unpaired) electrons. The minimum Gasteiger partial charge on any atom is -1.00 e. The van der Waals surface area contributed by atoms with E-state index >= 15 is 0 Å². The van der Waals surface area contributed by atoms with Crippen LogP contribution in [0.1, 0.15) is 129 Å². The average Bonchev–Trinajstić information content (AvgIpc) is 2.65. The predicted molar refractivity (Wildman–Crippen MR) is 121 cm³/mol. The number of hydrogen-bond donors (Lipinski definition) is 0. The van der Waals surface area contributed by atoms with Gasteiger partial charge in [0.05, 0.1) is 0 Å². The molecule has 0 aromatic rings. The fourth-order valence-electron chi connectivity index (χ4n) is 3.25. The number of hydrogen-bond acceptors (Lipinski definition) is 2. The number of rotatable bonds is 22. The van der Waals surface area contributed by atoms with Gasteiger partial charge in [-0.3, -0.25) is 0 Å². The van der Waals surface area contributed by atoms with Crippen molar-refractivity contribution < 1.29 is 33.5 Å². The van der Waals surface area contributed by atoms with Crippen molar-refractivity contribution in [1.82, 2.24) is 0 Å². The molecule has 0 aliphatic rings. The number of halogens is 1. The molecule has 0 atom stereocenters. The quantitative estimate of drug-likeness (QED) is 0.0667. The summed E-state index contributed by atoms with van der Waals surface area (Å²) in [6.07, 6.45) is 23.1. The van der Waals surface area contributed by atoms with Gasteiger partial charge in [0, 0.05) is 13.2 Å². The Hall–Kier alpha value is 1.42. The van der Waals surface area contributed by atoms with Gasteiger partial charge < -0.3 is 40.4 Å². The monoisotopic (exact) mass is 520 g/mol. The minimum absolute atomic E-state index is 0. The van der Waals surface area contributed by atoms with E-state index in [9.17, 15) is 0 Å². The Balaban J connectivity index is -0.00000312. The van der Waals surface area contributed by atoms with Crippen LogP contribution in [0, 0.1) is 6.92 Å². The molecule has 0 amide bonds. The van der Waals surface area contributed by atoms with Gasteiger partial charge >= 0.3 is 23.1 Å². The summed E-state index contributed by atoms with van der Waals surface area (Å²) in [6, 6.07) is 0. The van der Waals surface area contributed by atoms with Crippen LogP contribution in [-0.4, -0.2) is 42.6 Å². The maximum absolute atomic E-state index is 6.03. The summed E-state index contributed by atoms with van der Waals surface area (Å²) in [6.45, 7) is 10.2. The van der Waals surface area contributed by atoms with Gasteiger partial charge in [0.15, 0.2) is 6.29 Å². The van der Waals surface area contributed by atoms with E-state index in [0.717, 1.165) is 26.1 Å². The van der Waals surface area contributed by atoms with Gasteiger partial charge in [0.25, 0.3) is 0 Å². The molecular weight excluding hydrogens is 471 g/mol. The third kappa shape index (κ3) is 27.4. The Bertz CT molecular complexity index is 235. The molecule has 28 heavy (non-hydrogen) atoms. The summed E-state index contributed by atoms with van der Waals surface area (Å²) in [4.78, 5) is 0. The van der Waals surface area contributed by atoms with E-state index in [-0.39, 0.29) is 53.3 Å². The second kappa shape index (κ2) is 30.6. The summed E-state index contributed by atoms with van der Waals surface area (Å²) < 4.78 is 12.1. The largest absolute Gasteiger partial charge is 2.00 e. The van der Waals surface area contributed by atoms with E-state index in [1.165, 1.54) is 103 Å². The topological polar surface area (TPSA) is 18.5 Å². The van der Waals surface area contributed by atoms with Gasteiger partial charge in [-0.2, -0.15) is 6.42 Å². The zero-order valence-corrected chi connectivity index (χ0v) is 22.9. The normalized spacial score (nSPS) is 10.7. The van der Waals surface area contributed by atoms with Crippen molar-refractivity contribution in [1.29, 1.82) is 0 Å². The Morgan fingerprint density at radius 3 is 1.36 bits per heavy atom. The zero-order valence-electron chi connectivity index (χ0n) is 19.3. The first-order valence-electron chi connectivity index (χ1n) is 11.9. The van der Waals surface area contributed by atoms with E-state index < -0.39 is 0 Å². The van der Waals surface area contributed by atoms with Crippen LogP contribution in [0.5, 0.6) is 0 Å². The maximum atomic E-state index is 6.03. The van der Waals surface area contributed by atoms with Gasteiger partial charge in [-0.25, -0.2) is 0 Å². The number of ether oxygens (including phenoxy) is 2. The second-order valence-electron chi connectivity index (χ2n) is 7.76. The van der Waals surface area contributed by atoms with E-state index in [1.807, 2.05) is 0 Å². The van der Waals surface area contributed by atoms with Gasteiger partial charge in [-0.05, 0) is 19.3 Å². The first kappa shape index (κ1) is 34.0. The van der Waals surface area contributed by atoms with Crippen LogP contribution in [0.3, 0.4) is 0 Å². The molecule has 0 aromatic carbocycles. The van der Waals surface area contributed by atoms with Gasteiger partial charge in [-0.1, -0.05) is 104 Å². The summed E-state index contributed by atoms with van der Waals surface area (Å²) in [5.41, 5.74) is 0. The van der Waals surface area contributed by atoms with Crippen molar-refractivity contribution in [2.75, 3.05) is 13.2 Å². The summed E-state index contributed by atoms with van der Waals surface area (Å²) in [5, 5.41) is 0. The van der Waals surface area contributed by atoms with Crippen LogP contribution in [0.15, 0.2) is 0 Å². The fourth-order valence-corrected chi connectivity index (χ4v) is 3.25. The van der Waals surface area contributed by atoms with Crippen molar-refractivity contribution >= 4 is 23.1 Å². The van der Waals surface area contributed by atoms with Crippen molar-refractivity contribution in [3.05, 3.63) is 6.92 Å². The second-order valence-corrected chi connectivity index (χ2v) is 7.76. The Morgan fingerprint density at radius 1 is 0.571 bits per heavy atom. The predicted octanol–water partition coefficient (Wildman–Crippen LogP) is 4.86. The van der Waals surface area contributed by atoms with Crippen molar-refractivity contribution in [3.63, 3.8) is 0 Å². The van der Waals surface area contributed by atoms with Crippen molar-refractivity contribution in [2.45, 2.75) is 136 Å². The molecule has 0 bridgehead atoms. The molecule has 0 spiro atoms. The standard InChI is InChI=1S/C24H49O2.HI.Mg/c1-4-7-10-12-14-16-19-22-25-24(21-18-9-6-3)26-23-20-17-15-13-11-8-5-2;;/h24H,3-23H2,1-2H3;1H;/q-1;;+2/p-1. The molecule has 0 aromatic heterocycles. The summed E-state index contributed by atoms with van der Waals surface area (Å²) in [7, 11) is 0. The third-order valence-corrected chi connectivity index (χ3v) is 5.04. The molecule has 0 N–H and O–H groups in total. The Kier molecular flexibility index (Phi) is 37.2. The van der Waals surface area contributed by atoms with Crippen molar-refractivity contribution in [3.8, 4) is 0 Å². The molecule has 0 saturated carbocycles. The van der Waals surface area contributed by atoms with Gasteiger partial charge in [-0.15, -0.1) is 0 Å². The summed E-state index contributed by atoms with van der Waals surface area (Å²) in [5.74, 6) is 0. The molecular formula is C24H49IMgO2. The molecule has 0 aliphatic carbocycles. The molecule has 0 unspecified atom stereocenters. The molecule has 0 fully saturated rings. The Labute approximate surface area is 211 Å². The zero-order chi connectivity index (χ0) is 19.1. The van der Waals surface area contributed by atoms with Gasteiger partial charge in [0.2, 0.25) is 0 Å². The molecule has 166 valence electrons. The number of unbranched alkanes of at least 4 members (excludes halogenated alkanes) is 14. The van der Waals surface area contributed by atoms with E-state index in [4.69, 9.17) is 9.47 Å². The van der Waals surface area contributed by atoms with Crippen molar-refractivity contribution in [2.24, 2.45) is 0 Å². The molecule has 0 saturated heterocycles. The maximum Gasteiger partial charge on any atom is 2.00 e. The Morgan fingerprint density at radius 2 is 0.964 bits per heavy atom. The van der Waals surface area contributed by atoms with E-state index in [1.54, 1.807) is 0 Å². The molecule has 4 heteroatoms.